The van der Waals surface area contributed by atoms with Crippen LogP contribution in [0.3, 0.4) is 0 Å². The minimum Gasteiger partial charge on any atom is -0.454 e. The van der Waals surface area contributed by atoms with Crippen molar-refractivity contribution in [1.82, 2.24) is 4.90 Å². The second-order valence-corrected chi connectivity index (χ2v) is 6.30. The molecule has 0 aliphatic carbocycles. The summed E-state index contributed by atoms with van der Waals surface area (Å²) in [6.07, 6.45) is 8.00. The van der Waals surface area contributed by atoms with E-state index in [0.29, 0.717) is 0 Å². The van der Waals surface area contributed by atoms with Crippen LogP contribution in [0.5, 0.6) is 11.5 Å². The summed E-state index contributed by atoms with van der Waals surface area (Å²) in [7, 11) is 4.03. The van der Waals surface area contributed by atoms with E-state index in [9.17, 15) is 4.79 Å². The van der Waals surface area contributed by atoms with Crippen molar-refractivity contribution in [3.05, 3.63) is 29.8 Å². The van der Waals surface area contributed by atoms with Gasteiger partial charge in [0, 0.05) is 12.5 Å². The lowest BCUT2D eigenvalue weighted by Gasteiger charge is -2.18. The molecule has 0 unspecified atom stereocenters. The maximum absolute atomic E-state index is 12.5. The summed E-state index contributed by atoms with van der Waals surface area (Å²) in [6, 6.07) is 5.73. The molecule has 0 amide bonds. The third-order valence-electron chi connectivity index (χ3n) is 3.98. The largest absolute Gasteiger partial charge is 0.454 e. The summed E-state index contributed by atoms with van der Waals surface area (Å²) in [5.74, 6) is 1.78. The van der Waals surface area contributed by atoms with Gasteiger partial charge in [-0.3, -0.25) is 4.79 Å². The van der Waals surface area contributed by atoms with Crippen molar-refractivity contribution in [2.24, 2.45) is 5.92 Å². The van der Waals surface area contributed by atoms with Crippen molar-refractivity contribution < 1.29 is 14.3 Å². The topological polar surface area (TPSA) is 38.8 Å². The van der Waals surface area contributed by atoms with Crippen molar-refractivity contribution in [3.63, 3.8) is 0 Å². The first-order valence-corrected chi connectivity index (χ1v) is 8.36. The molecule has 0 N–H and O–H groups in total. The Morgan fingerprint density at radius 1 is 1.26 bits per heavy atom. The second kappa shape index (κ2) is 8.73. The van der Waals surface area contributed by atoms with Gasteiger partial charge in [0.25, 0.3) is 0 Å². The average Bonchev–Trinajstić information content (AvgIpc) is 2.99. The van der Waals surface area contributed by atoms with E-state index in [1.807, 2.05) is 38.4 Å². The minimum atomic E-state index is 0.0711. The Labute approximate surface area is 139 Å². The van der Waals surface area contributed by atoms with Gasteiger partial charge in [-0.25, -0.2) is 0 Å². The number of hydrogen-bond donors (Lipinski definition) is 0. The van der Waals surface area contributed by atoms with Crippen LogP contribution in [0, 0.1) is 5.92 Å². The Balaban J connectivity index is 1.98. The molecule has 0 saturated heterocycles. The van der Waals surface area contributed by atoms with E-state index in [4.69, 9.17) is 9.47 Å². The fraction of sp³-hybridized carbons (Fsp3) is 0.526. The molecule has 1 heterocycles. The number of unbranched alkanes of at least 4 members (excludes halogenated alkanes) is 2. The molecule has 4 nitrogen and oxygen atoms in total. The van der Waals surface area contributed by atoms with Crippen LogP contribution >= 0.6 is 0 Å². The van der Waals surface area contributed by atoms with Crippen molar-refractivity contribution in [1.29, 1.82) is 0 Å². The number of carbonyl (C=O) groups is 1. The van der Waals surface area contributed by atoms with Crippen LogP contribution < -0.4 is 9.47 Å². The van der Waals surface area contributed by atoms with Gasteiger partial charge in [0.2, 0.25) is 6.79 Å². The van der Waals surface area contributed by atoms with Crippen LogP contribution in [0.2, 0.25) is 0 Å². The molecule has 1 aliphatic heterocycles. The average molecular weight is 317 g/mol. The zero-order chi connectivity index (χ0) is 16.7. The van der Waals surface area contributed by atoms with Gasteiger partial charge in [0.05, 0.1) is 0 Å². The van der Waals surface area contributed by atoms with Crippen molar-refractivity contribution >= 4 is 11.9 Å². The number of rotatable bonds is 9. The van der Waals surface area contributed by atoms with Gasteiger partial charge in [0.1, 0.15) is 0 Å². The first-order valence-electron chi connectivity index (χ1n) is 8.36. The predicted molar refractivity (Wildman–Crippen MR) is 92.8 cm³/mol. The zero-order valence-electron chi connectivity index (χ0n) is 14.4. The van der Waals surface area contributed by atoms with E-state index >= 15 is 0 Å². The minimum absolute atomic E-state index is 0.0711. The number of fused-ring (bicyclic) bond motifs is 1. The Bertz CT molecular complexity index is 552. The van der Waals surface area contributed by atoms with Gasteiger partial charge >= 0.3 is 0 Å². The Morgan fingerprint density at radius 3 is 2.78 bits per heavy atom. The Kier molecular flexibility index (Phi) is 6.66. The molecule has 2 rings (SSSR count). The Hall–Kier alpha value is -1.81. The highest BCUT2D eigenvalue weighted by molar-refractivity contribution is 5.95. The fourth-order valence-electron chi connectivity index (χ4n) is 2.74. The Morgan fingerprint density at radius 2 is 2.04 bits per heavy atom. The molecule has 0 aromatic heterocycles. The number of benzene rings is 1. The molecular weight excluding hydrogens is 290 g/mol. The van der Waals surface area contributed by atoms with E-state index in [0.717, 1.165) is 36.4 Å². The molecule has 0 saturated carbocycles. The molecule has 0 fully saturated rings. The van der Waals surface area contributed by atoms with E-state index in [1.165, 1.54) is 12.8 Å². The summed E-state index contributed by atoms with van der Waals surface area (Å²) in [5.41, 5.74) is 0.958. The molecular formula is C19H27NO3. The predicted octanol–water partition coefficient (Wildman–Crippen LogP) is 3.76. The highest BCUT2D eigenvalue weighted by Gasteiger charge is 2.17. The lowest BCUT2D eigenvalue weighted by atomic mass is 9.95. The third kappa shape index (κ3) is 5.39. The van der Waals surface area contributed by atoms with Crippen molar-refractivity contribution in [2.75, 3.05) is 27.4 Å². The zero-order valence-corrected chi connectivity index (χ0v) is 14.4. The molecule has 1 atom stereocenters. The van der Waals surface area contributed by atoms with Gasteiger partial charge < -0.3 is 14.4 Å². The molecule has 0 radical (unpaired) electrons. The second-order valence-electron chi connectivity index (χ2n) is 6.30. The monoisotopic (exact) mass is 317 g/mol. The van der Waals surface area contributed by atoms with Crippen LogP contribution in [0.4, 0.5) is 0 Å². The smallest absolute Gasteiger partial charge is 0.231 e. The van der Waals surface area contributed by atoms with E-state index in [2.05, 4.69) is 11.8 Å². The maximum Gasteiger partial charge on any atom is 0.231 e. The number of hydrogen-bond acceptors (Lipinski definition) is 4. The summed E-state index contributed by atoms with van der Waals surface area (Å²) in [6.45, 7) is 3.25. The fourth-order valence-corrected chi connectivity index (χ4v) is 2.74. The lowest BCUT2D eigenvalue weighted by Crippen LogP contribution is -2.27. The first-order chi connectivity index (χ1) is 11.1. The number of allylic oxidation sites excluding steroid dienone is 1. The van der Waals surface area contributed by atoms with Crippen LogP contribution in [0.25, 0.3) is 6.08 Å². The number of ketones is 1. The van der Waals surface area contributed by atoms with Crippen LogP contribution in [0.1, 0.15) is 38.2 Å². The highest BCUT2D eigenvalue weighted by Crippen LogP contribution is 2.32. The molecule has 23 heavy (non-hydrogen) atoms. The number of ether oxygens (including phenoxy) is 2. The molecule has 1 aromatic carbocycles. The number of nitrogens with zero attached hydrogens (tertiary/aromatic N) is 1. The molecule has 1 aromatic rings. The molecule has 0 bridgehead atoms. The van der Waals surface area contributed by atoms with Gasteiger partial charge in [-0.05, 0) is 44.3 Å². The highest BCUT2D eigenvalue weighted by atomic mass is 16.7. The van der Waals surface area contributed by atoms with Crippen molar-refractivity contribution in [2.45, 2.75) is 32.6 Å². The molecule has 126 valence electrons. The third-order valence-corrected chi connectivity index (χ3v) is 3.98. The van der Waals surface area contributed by atoms with Gasteiger partial charge in [-0.15, -0.1) is 0 Å². The van der Waals surface area contributed by atoms with E-state index in [-0.39, 0.29) is 18.5 Å². The summed E-state index contributed by atoms with van der Waals surface area (Å²) in [4.78, 5) is 14.6. The number of carbonyl (C=O) groups excluding carboxylic acids is 1. The van der Waals surface area contributed by atoms with Crippen LogP contribution in [0.15, 0.2) is 24.3 Å². The van der Waals surface area contributed by atoms with Crippen LogP contribution in [-0.2, 0) is 4.79 Å². The maximum atomic E-state index is 12.5. The quantitative estimate of drug-likeness (QED) is 0.513. The van der Waals surface area contributed by atoms with Gasteiger partial charge in [-0.2, -0.15) is 0 Å². The molecule has 4 heteroatoms. The van der Waals surface area contributed by atoms with E-state index < -0.39 is 0 Å². The summed E-state index contributed by atoms with van der Waals surface area (Å²) in [5, 5.41) is 0. The molecule has 0 spiro atoms. The molecule has 1 aliphatic rings. The van der Waals surface area contributed by atoms with E-state index in [1.54, 1.807) is 6.08 Å². The summed E-state index contributed by atoms with van der Waals surface area (Å²) >= 11 is 0. The first kappa shape index (κ1) is 17.5. The SMILES string of the molecule is CCCCC[C@H](CN(C)C)C(=O)/C=C/c1ccc2c(c1)OCO2. The van der Waals surface area contributed by atoms with Crippen molar-refractivity contribution in [3.8, 4) is 11.5 Å². The summed E-state index contributed by atoms with van der Waals surface area (Å²) < 4.78 is 10.7. The lowest BCUT2D eigenvalue weighted by molar-refractivity contribution is -0.118. The normalized spacial score (nSPS) is 14.6. The van der Waals surface area contributed by atoms with Gasteiger partial charge in [0.15, 0.2) is 17.3 Å². The van der Waals surface area contributed by atoms with Crippen LogP contribution in [-0.4, -0.2) is 38.1 Å². The van der Waals surface area contributed by atoms with Gasteiger partial charge in [-0.1, -0.05) is 38.3 Å². The standard InChI is InChI=1S/C19H27NO3/c1-4-5-6-7-16(13-20(2)3)17(21)10-8-15-9-11-18-19(12-15)23-14-22-18/h8-12,16H,4-7,13-14H2,1-3H3/b10-8+/t16-/m1/s1.